The molecule has 0 bridgehead atoms. The van der Waals surface area contributed by atoms with Gasteiger partial charge in [0.1, 0.15) is 0 Å². The Morgan fingerprint density at radius 2 is 1.64 bits per heavy atom. The van der Waals surface area contributed by atoms with Crippen molar-refractivity contribution in [2.45, 2.75) is 33.2 Å². The van der Waals surface area contributed by atoms with Crippen LogP contribution in [0.15, 0.2) is 72.8 Å². The largest absolute Gasteiger partial charge is 0.367 e. The van der Waals surface area contributed by atoms with Crippen molar-refractivity contribution in [2.24, 2.45) is 5.92 Å². The molecule has 0 aromatic heterocycles. The molecule has 2 N–H and O–H groups in total. The standard InChI is InChI=1S/C28H31N3O2/c1-20(2)18-29-28(33)24-10-4-5-11-25(24)30-27(32)23-15-13-21(14-16-23)19-31-17-7-9-22-8-3-6-12-26(22)31/h3-6,8,10-16,20H,7,9,17-19H2,1-2H3,(H,29,33)(H,30,32). The smallest absolute Gasteiger partial charge is 0.255 e. The van der Waals surface area contributed by atoms with Crippen molar-refractivity contribution < 1.29 is 9.59 Å². The lowest BCUT2D eigenvalue weighted by atomic mass is 10.0. The lowest BCUT2D eigenvalue weighted by Crippen LogP contribution is -2.28. The summed E-state index contributed by atoms with van der Waals surface area (Å²) in [5.41, 5.74) is 5.41. The lowest BCUT2D eigenvalue weighted by Gasteiger charge is -2.31. The van der Waals surface area contributed by atoms with Gasteiger partial charge in [-0.2, -0.15) is 0 Å². The summed E-state index contributed by atoms with van der Waals surface area (Å²) in [5.74, 6) is -0.0571. The van der Waals surface area contributed by atoms with Gasteiger partial charge in [0.25, 0.3) is 11.8 Å². The normalized spacial score (nSPS) is 12.9. The third-order valence-electron chi connectivity index (χ3n) is 5.89. The number of hydrogen-bond acceptors (Lipinski definition) is 3. The maximum Gasteiger partial charge on any atom is 0.255 e. The van der Waals surface area contributed by atoms with Crippen LogP contribution in [-0.4, -0.2) is 24.9 Å². The second kappa shape index (κ2) is 10.3. The Kier molecular flexibility index (Phi) is 7.08. The van der Waals surface area contributed by atoms with Crippen molar-refractivity contribution >= 4 is 23.2 Å². The summed E-state index contributed by atoms with van der Waals surface area (Å²) in [6, 6.07) is 23.4. The van der Waals surface area contributed by atoms with E-state index < -0.39 is 0 Å². The second-order valence-electron chi connectivity index (χ2n) is 8.95. The molecule has 0 saturated heterocycles. The number of carbonyl (C=O) groups excluding carboxylic acids is 2. The van der Waals surface area contributed by atoms with E-state index in [9.17, 15) is 9.59 Å². The molecule has 0 aliphatic carbocycles. The van der Waals surface area contributed by atoms with Crippen LogP contribution in [0.25, 0.3) is 0 Å². The maximum atomic E-state index is 12.9. The molecule has 0 unspecified atom stereocenters. The van der Waals surface area contributed by atoms with E-state index in [1.807, 2.05) is 44.2 Å². The third-order valence-corrected chi connectivity index (χ3v) is 5.89. The molecule has 0 atom stereocenters. The van der Waals surface area contributed by atoms with Crippen LogP contribution >= 0.6 is 0 Å². The van der Waals surface area contributed by atoms with E-state index >= 15 is 0 Å². The molecule has 0 saturated carbocycles. The van der Waals surface area contributed by atoms with E-state index in [0.29, 0.717) is 29.3 Å². The molecule has 0 radical (unpaired) electrons. The fourth-order valence-electron chi connectivity index (χ4n) is 4.13. The van der Waals surface area contributed by atoms with Crippen LogP contribution in [0.2, 0.25) is 0 Å². The van der Waals surface area contributed by atoms with Crippen molar-refractivity contribution in [3.8, 4) is 0 Å². The molecule has 1 aliphatic rings. The van der Waals surface area contributed by atoms with Gasteiger partial charge in [-0.1, -0.05) is 56.3 Å². The number of amides is 2. The Morgan fingerprint density at radius 1 is 0.909 bits per heavy atom. The molecule has 2 amide bonds. The molecule has 1 heterocycles. The van der Waals surface area contributed by atoms with E-state index in [4.69, 9.17) is 0 Å². The summed E-state index contributed by atoms with van der Waals surface area (Å²) in [7, 11) is 0. The van der Waals surface area contributed by atoms with Crippen molar-refractivity contribution in [3.63, 3.8) is 0 Å². The van der Waals surface area contributed by atoms with Gasteiger partial charge in [-0.25, -0.2) is 0 Å². The van der Waals surface area contributed by atoms with Crippen LogP contribution in [0, 0.1) is 5.92 Å². The average molecular weight is 442 g/mol. The number of nitrogens with one attached hydrogen (secondary N) is 2. The van der Waals surface area contributed by atoms with E-state index in [1.165, 1.54) is 11.3 Å². The van der Waals surface area contributed by atoms with Gasteiger partial charge in [0, 0.05) is 30.9 Å². The lowest BCUT2D eigenvalue weighted by molar-refractivity contribution is 0.0950. The molecule has 5 heteroatoms. The first kappa shape index (κ1) is 22.6. The number of aryl methyl sites for hydroxylation is 1. The van der Waals surface area contributed by atoms with Crippen molar-refractivity contribution in [1.29, 1.82) is 0 Å². The van der Waals surface area contributed by atoms with Gasteiger partial charge in [-0.05, 0) is 60.2 Å². The number of carbonyl (C=O) groups is 2. The predicted octanol–water partition coefficient (Wildman–Crippen LogP) is 5.28. The Morgan fingerprint density at radius 3 is 2.42 bits per heavy atom. The minimum atomic E-state index is -0.228. The van der Waals surface area contributed by atoms with Crippen molar-refractivity contribution in [3.05, 3.63) is 95.1 Å². The number of anilines is 2. The predicted molar refractivity (Wildman–Crippen MR) is 134 cm³/mol. The molecule has 5 nitrogen and oxygen atoms in total. The monoisotopic (exact) mass is 441 g/mol. The zero-order valence-electron chi connectivity index (χ0n) is 19.3. The minimum Gasteiger partial charge on any atom is -0.367 e. The molecule has 0 spiro atoms. The first-order valence-electron chi connectivity index (χ1n) is 11.6. The topological polar surface area (TPSA) is 61.4 Å². The molecule has 3 aromatic rings. The van der Waals surface area contributed by atoms with E-state index in [0.717, 1.165) is 31.5 Å². The zero-order chi connectivity index (χ0) is 23.2. The highest BCUT2D eigenvalue weighted by atomic mass is 16.2. The fourth-order valence-corrected chi connectivity index (χ4v) is 4.13. The van der Waals surface area contributed by atoms with E-state index in [-0.39, 0.29) is 11.8 Å². The fraction of sp³-hybridized carbons (Fsp3) is 0.286. The molecular weight excluding hydrogens is 410 g/mol. The highest BCUT2D eigenvalue weighted by Gasteiger charge is 2.17. The van der Waals surface area contributed by atoms with Crippen molar-refractivity contribution in [1.82, 2.24) is 5.32 Å². The first-order valence-corrected chi connectivity index (χ1v) is 11.6. The van der Waals surface area contributed by atoms with Crippen LogP contribution < -0.4 is 15.5 Å². The molecule has 3 aromatic carbocycles. The van der Waals surface area contributed by atoms with E-state index in [2.05, 4.69) is 39.8 Å². The van der Waals surface area contributed by atoms with Gasteiger partial charge in [0.05, 0.1) is 11.3 Å². The van der Waals surface area contributed by atoms with Gasteiger partial charge in [0.2, 0.25) is 0 Å². The van der Waals surface area contributed by atoms with Crippen LogP contribution in [0.1, 0.15) is 52.1 Å². The SMILES string of the molecule is CC(C)CNC(=O)c1ccccc1NC(=O)c1ccc(CN2CCCc3ccccc32)cc1. The third kappa shape index (κ3) is 5.61. The van der Waals surface area contributed by atoms with Gasteiger partial charge < -0.3 is 15.5 Å². The van der Waals surface area contributed by atoms with Crippen LogP contribution in [0.4, 0.5) is 11.4 Å². The quantitative estimate of drug-likeness (QED) is 0.525. The number of rotatable bonds is 7. The number of hydrogen-bond donors (Lipinski definition) is 2. The molecular formula is C28H31N3O2. The van der Waals surface area contributed by atoms with Crippen LogP contribution in [-0.2, 0) is 13.0 Å². The summed E-state index contributed by atoms with van der Waals surface area (Å²) >= 11 is 0. The summed E-state index contributed by atoms with van der Waals surface area (Å²) in [5, 5.41) is 5.81. The average Bonchev–Trinajstić information content (AvgIpc) is 2.83. The molecule has 1 aliphatic heterocycles. The van der Waals surface area contributed by atoms with Crippen LogP contribution in [0.3, 0.4) is 0 Å². The highest BCUT2D eigenvalue weighted by molar-refractivity contribution is 6.09. The first-order chi connectivity index (χ1) is 16.0. The van der Waals surface area contributed by atoms with Gasteiger partial charge in [-0.15, -0.1) is 0 Å². The summed E-state index contributed by atoms with van der Waals surface area (Å²) < 4.78 is 0. The van der Waals surface area contributed by atoms with Gasteiger partial charge in [0.15, 0.2) is 0 Å². The summed E-state index contributed by atoms with van der Waals surface area (Å²) in [4.78, 5) is 27.8. The zero-order valence-corrected chi connectivity index (χ0v) is 19.3. The summed E-state index contributed by atoms with van der Waals surface area (Å²) in [6.45, 7) is 6.53. The number of para-hydroxylation sites is 2. The summed E-state index contributed by atoms with van der Waals surface area (Å²) in [6.07, 6.45) is 2.28. The second-order valence-corrected chi connectivity index (χ2v) is 8.95. The van der Waals surface area contributed by atoms with Gasteiger partial charge in [-0.3, -0.25) is 9.59 Å². The van der Waals surface area contributed by atoms with Crippen LogP contribution in [0.5, 0.6) is 0 Å². The van der Waals surface area contributed by atoms with Gasteiger partial charge >= 0.3 is 0 Å². The maximum absolute atomic E-state index is 12.9. The number of nitrogens with zero attached hydrogens (tertiary/aromatic N) is 1. The Labute approximate surface area is 195 Å². The Hall–Kier alpha value is -3.60. The Balaban J connectivity index is 1.42. The molecule has 33 heavy (non-hydrogen) atoms. The van der Waals surface area contributed by atoms with Crippen molar-refractivity contribution in [2.75, 3.05) is 23.3 Å². The highest BCUT2D eigenvalue weighted by Crippen LogP contribution is 2.28. The number of fused-ring (bicyclic) bond motifs is 1. The molecule has 4 rings (SSSR count). The van der Waals surface area contributed by atoms with E-state index in [1.54, 1.807) is 18.2 Å². The molecule has 170 valence electrons. The number of benzene rings is 3. The Bertz CT molecular complexity index is 1120. The minimum absolute atomic E-state index is 0.184. The molecule has 0 fully saturated rings.